The molecular formula is C16H22BrF3. The monoisotopic (exact) mass is 350 g/mol. The maximum Gasteiger partial charge on any atom is 0.416 e. The predicted molar refractivity (Wildman–Crippen MR) is 81.2 cm³/mol. The Bertz CT molecular complexity index is 384. The highest BCUT2D eigenvalue weighted by Crippen LogP contribution is 2.30. The van der Waals surface area contributed by atoms with Gasteiger partial charge in [-0.25, -0.2) is 0 Å². The zero-order chi connectivity index (χ0) is 15.2. The van der Waals surface area contributed by atoms with Gasteiger partial charge in [-0.3, -0.25) is 0 Å². The molecule has 1 aromatic rings. The minimum Gasteiger partial charge on any atom is -0.166 e. The summed E-state index contributed by atoms with van der Waals surface area (Å²) in [6.45, 7) is 4.34. The highest BCUT2D eigenvalue weighted by Gasteiger charge is 2.30. The first-order valence-electron chi connectivity index (χ1n) is 7.18. The third-order valence-electron chi connectivity index (χ3n) is 3.68. The van der Waals surface area contributed by atoms with E-state index in [-0.39, 0.29) is 0 Å². The minimum atomic E-state index is -4.25. The second-order valence-corrected chi connectivity index (χ2v) is 6.40. The van der Waals surface area contributed by atoms with Crippen LogP contribution in [0, 0.1) is 5.92 Å². The van der Waals surface area contributed by atoms with Gasteiger partial charge in [-0.1, -0.05) is 61.2 Å². The smallest absolute Gasteiger partial charge is 0.166 e. The SMILES string of the molecule is CCCCC(CC)C(Br)Cc1ccc(C(F)(F)F)cc1. The lowest BCUT2D eigenvalue weighted by Gasteiger charge is -2.21. The third-order valence-corrected chi connectivity index (χ3v) is 4.75. The summed E-state index contributed by atoms with van der Waals surface area (Å²) in [4.78, 5) is 0.329. The maximum absolute atomic E-state index is 12.5. The first kappa shape index (κ1) is 17.5. The van der Waals surface area contributed by atoms with Crippen LogP contribution in [0.3, 0.4) is 0 Å². The molecule has 114 valence electrons. The van der Waals surface area contributed by atoms with Crippen molar-refractivity contribution in [2.45, 2.75) is 57.0 Å². The standard InChI is InChI=1S/C16H22BrF3/c1-3-5-6-13(4-2)15(17)11-12-7-9-14(10-8-12)16(18,19)20/h7-10,13,15H,3-6,11H2,1-2H3. The molecule has 0 aliphatic carbocycles. The number of alkyl halides is 4. The Labute approximate surface area is 127 Å². The molecule has 0 fully saturated rings. The van der Waals surface area contributed by atoms with Gasteiger partial charge in [-0.05, 0) is 36.5 Å². The van der Waals surface area contributed by atoms with Crippen molar-refractivity contribution in [1.29, 1.82) is 0 Å². The van der Waals surface area contributed by atoms with Gasteiger partial charge in [0.2, 0.25) is 0 Å². The minimum absolute atomic E-state index is 0.329. The van der Waals surface area contributed by atoms with E-state index >= 15 is 0 Å². The molecule has 0 aliphatic heterocycles. The molecular weight excluding hydrogens is 329 g/mol. The summed E-state index contributed by atoms with van der Waals surface area (Å²) in [5, 5.41) is 0. The molecule has 0 nitrogen and oxygen atoms in total. The molecule has 2 atom stereocenters. The van der Waals surface area contributed by atoms with Gasteiger partial charge in [0, 0.05) is 4.83 Å². The van der Waals surface area contributed by atoms with Crippen molar-refractivity contribution in [3.8, 4) is 0 Å². The second-order valence-electron chi connectivity index (χ2n) is 5.23. The summed E-state index contributed by atoms with van der Waals surface area (Å²) in [5.41, 5.74) is 0.375. The lowest BCUT2D eigenvalue weighted by molar-refractivity contribution is -0.137. The van der Waals surface area contributed by atoms with Crippen molar-refractivity contribution in [1.82, 2.24) is 0 Å². The number of hydrogen-bond donors (Lipinski definition) is 0. The van der Waals surface area contributed by atoms with E-state index in [4.69, 9.17) is 0 Å². The van der Waals surface area contributed by atoms with Crippen molar-refractivity contribution in [2.75, 3.05) is 0 Å². The number of benzene rings is 1. The van der Waals surface area contributed by atoms with Crippen molar-refractivity contribution >= 4 is 15.9 Å². The molecule has 0 saturated carbocycles. The summed E-state index contributed by atoms with van der Waals surface area (Å²) in [7, 11) is 0. The number of hydrogen-bond acceptors (Lipinski definition) is 0. The van der Waals surface area contributed by atoms with E-state index in [1.165, 1.54) is 31.4 Å². The molecule has 1 aromatic carbocycles. The quantitative estimate of drug-likeness (QED) is 0.511. The molecule has 4 heteroatoms. The molecule has 0 aromatic heterocycles. The van der Waals surface area contributed by atoms with Gasteiger partial charge < -0.3 is 0 Å². The highest BCUT2D eigenvalue weighted by atomic mass is 79.9. The molecule has 0 spiro atoms. The van der Waals surface area contributed by atoms with E-state index in [2.05, 4.69) is 29.8 Å². The molecule has 0 amide bonds. The molecule has 0 saturated heterocycles. The zero-order valence-corrected chi connectivity index (χ0v) is 13.6. The van der Waals surface area contributed by atoms with Crippen LogP contribution in [-0.4, -0.2) is 4.83 Å². The second kappa shape index (κ2) is 8.06. The zero-order valence-electron chi connectivity index (χ0n) is 12.0. The van der Waals surface area contributed by atoms with Crippen LogP contribution in [0.15, 0.2) is 24.3 Å². The molecule has 2 unspecified atom stereocenters. The van der Waals surface area contributed by atoms with Crippen LogP contribution in [0.5, 0.6) is 0 Å². The summed E-state index contributed by atoms with van der Waals surface area (Å²) < 4.78 is 37.5. The van der Waals surface area contributed by atoms with Crippen LogP contribution < -0.4 is 0 Å². The molecule has 0 heterocycles. The fourth-order valence-corrected chi connectivity index (χ4v) is 3.34. The largest absolute Gasteiger partial charge is 0.416 e. The fraction of sp³-hybridized carbons (Fsp3) is 0.625. The van der Waals surface area contributed by atoms with Gasteiger partial charge in [0.05, 0.1) is 5.56 Å². The Morgan fingerprint density at radius 3 is 2.15 bits per heavy atom. The Morgan fingerprint density at radius 1 is 1.10 bits per heavy atom. The van der Waals surface area contributed by atoms with E-state index in [0.29, 0.717) is 10.7 Å². The Balaban J connectivity index is 2.63. The van der Waals surface area contributed by atoms with Crippen LogP contribution >= 0.6 is 15.9 Å². The van der Waals surface area contributed by atoms with Crippen molar-refractivity contribution in [2.24, 2.45) is 5.92 Å². The van der Waals surface area contributed by atoms with Crippen molar-refractivity contribution in [3.05, 3.63) is 35.4 Å². The Kier molecular flexibility index (Phi) is 7.07. The molecule has 0 bridgehead atoms. The van der Waals surface area contributed by atoms with Gasteiger partial charge >= 0.3 is 6.18 Å². The van der Waals surface area contributed by atoms with Gasteiger partial charge in [-0.15, -0.1) is 0 Å². The number of rotatable bonds is 7. The average Bonchev–Trinajstić information content (AvgIpc) is 2.39. The normalized spacial score (nSPS) is 15.1. The first-order valence-corrected chi connectivity index (χ1v) is 8.10. The van der Waals surface area contributed by atoms with Crippen LogP contribution in [0.1, 0.15) is 50.7 Å². The van der Waals surface area contributed by atoms with Crippen molar-refractivity contribution < 1.29 is 13.2 Å². The van der Waals surface area contributed by atoms with Crippen molar-refractivity contribution in [3.63, 3.8) is 0 Å². The number of halogens is 4. The molecule has 1 rings (SSSR count). The summed E-state index contributed by atoms with van der Waals surface area (Å²) in [6.07, 6.45) is 1.17. The lowest BCUT2D eigenvalue weighted by atomic mass is 9.92. The maximum atomic E-state index is 12.5. The Morgan fingerprint density at radius 2 is 1.70 bits per heavy atom. The molecule has 0 N–H and O–H groups in total. The van der Waals surface area contributed by atoms with E-state index in [1.54, 1.807) is 12.1 Å². The van der Waals surface area contributed by atoms with Crippen LogP contribution in [0.25, 0.3) is 0 Å². The molecule has 20 heavy (non-hydrogen) atoms. The molecule has 0 aliphatic rings. The van der Waals surface area contributed by atoms with E-state index in [9.17, 15) is 13.2 Å². The summed E-state index contributed by atoms with van der Waals surface area (Å²) in [5.74, 6) is 0.581. The van der Waals surface area contributed by atoms with E-state index < -0.39 is 11.7 Å². The topological polar surface area (TPSA) is 0 Å². The Hall–Kier alpha value is -0.510. The fourth-order valence-electron chi connectivity index (χ4n) is 2.33. The van der Waals surface area contributed by atoms with E-state index in [0.717, 1.165) is 18.4 Å². The summed E-state index contributed by atoms with van der Waals surface area (Å²) >= 11 is 3.71. The lowest BCUT2D eigenvalue weighted by Crippen LogP contribution is -2.16. The first-order chi connectivity index (χ1) is 9.38. The van der Waals surface area contributed by atoms with Crippen LogP contribution in [-0.2, 0) is 12.6 Å². The van der Waals surface area contributed by atoms with E-state index in [1.807, 2.05) is 0 Å². The highest BCUT2D eigenvalue weighted by molar-refractivity contribution is 9.09. The summed E-state index contributed by atoms with van der Waals surface area (Å²) in [6, 6.07) is 5.51. The van der Waals surface area contributed by atoms with Gasteiger partial charge in [0.25, 0.3) is 0 Å². The number of unbranched alkanes of at least 4 members (excludes halogenated alkanes) is 1. The average molecular weight is 351 g/mol. The van der Waals surface area contributed by atoms with Gasteiger partial charge in [-0.2, -0.15) is 13.2 Å². The van der Waals surface area contributed by atoms with Gasteiger partial charge in [0.15, 0.2) is 0 Å². The van der Waals surface area contributed by atoms with Crippen LogP contribution in [0.4, 0.5) is 13.2 Å². The third kappa shape index (κ3) is 5.47. The van der Waals surface area contributed by atoms with Gasteiger partial charge in [0.1, 0.15) is 0 Å². The van der Waals surface area contributed by atoms with Crippen LogP contribution in [0.2, 0.25) is 0 Å². The molecule has 0 radical (unpaired) electrons. The predicted octanol–water partition coefficient (Wildman–Crippen LogP) is 6.23.